The summed E-state index contributed by atoms with van der Waals surface area (Å²) in [5.41, 5.74) is 1.02. The number of fused-ring (bicyclic) bond motifs is 1. The Morgan fingerprint density at radius 1 is 1.45 bits per heavy atom. The van der Waals surface area contributed by atoms with E-state index in [0.29, 0.717) is 6.04 Å². The van der Waals surface area contributed by atoms with Crippen LogP contribution in [0, 0.1) is 0 Å². The average Bonchev–Trinajstić information content (AvgIpc) is 2.84. The van der Waals surface area contributed by atoms with E-state index in [4.69, 9.17) is 11.6 Å². The molecule has 2 nitrogen and oxygen atoms in total. The molecule has 1 N–H and O–H groups in total. The Bertz CT molecular complexity index is 597. The molecule has 1 saturated heterocycles. The van der Waals surface area contributed by atoms with Gasteiger partial charge in [0.25, 0.3) is 0 Å². The molecule has 0 amide bonds. The molecule has 2 atom stereocenters. The molecule has 1 aliphatic rings. The van der Waals surface area contributed by atoms with E-state index >= 15 is 0 Å². The smallest absolute Gasteiger partial charge is 0.0931 e. The fraction of sp³-hybridized carbons (Fsp3) is 0.500. The second-order valence-electron chi connectivity index (χ2n) is 5.69. The van der Waals surface area contributed by atoms with Crippen molar-refractivity contribution in [1.82, 2.24) is 4.90 Å². The fourth-order valence-electron chi connectivity index (χ4n) is 3.03. The van der Waals surface area contributed by atoms with Gasteiger partial charge in [0.1, 0.15) is 0 Å². The first kappa shape index (κ1) is 14.3. The fourth-order valence-corrected chi connectivity index (χ4v) is 4.19. The number of aliphatic hydroxyl groups excluding tert-OH is 1. The van der Waals surface area contributed by atoms with Crippen molar-refractivity contribution < 1.29 is 5.11 Å². The highest BCUT2D eigenvalue weighted by molar-refractivity contribution is 7.17. The van der Waals surface area contributed by atoms with E-state index in [9.17, 15) is 5.11 Å². The zero-order chi connectivity index (χ0) is 14.1. The largest absolute Gasteiger partial charge is 0.387 e. The van der Waals surface area contributed by atoms with E-state index in [2.05, 4.69) is 17.2 Å². The summed E-state index contributed by atoms with van der Waals surface area (Å²) in [6.45, 7) is 4.08. The highest BCUT2D eigenvalue weighted by atomic mass is 35.5. The number of nitrogens with zero attached hydrogens (tertiary/aromatic N) is 1. The van der Waals surface area contributed by atoms with Crippen molar-refractivity contribution in [2.45, 2.75) is 38.3 Å². The Labute approximate surface area is 129 Å². The molecule has 0 bridgehead atoms. The van der Waals surface area contributed by atoms with E-state index in [1.54, 1.807) is 11.3 Å². The first-order valence-corrected chi connectivity index (χ1v) is 8.49. The lowest BCUT2D eigenvalue weighted by atomic mass is 10.0. The van der Waals surface area contributed by atoms with Crippen LogP contribution in [0.15, 0.2) is 23.6 Å². The van der Waals surface area contributed by atoms with Crippen LogP contribution < -0.4 is 0 Å². The van der Waals surface area contributed by atoms with Gasteiger partial charge in [0.15, 0.2) is 0 Å². The molecule has 0 spiro atoms. The highest BCUT2D eigenvalue weighted by Crippen LogP contribution is 2.33. The molecule has 2 aromatic rings. The lowest BCUT2D eigenvalue weighted by molar-refractivity contribution is 0.0742. The van der Waals surface area contributed by atoms with E-state index in [-0.39, 0.29) is 0 Å². The third-order valence-electron chi connectivity index (χ3n) is 4.27. The number of likely N-dealkylation sites (tertiary alicyclic amines) is 1. The second-order valence-corrected chi connectivity index (χ2v) is 7.03. The minimum atomic E-state index is -0.428. The first-order valence-electron chi connectivity index (χ1n) is 7.24. The van der Waals surface area contributed by atoms with Crippen LogP contribution in [0.2, 0.25) is 5.02 Å². The minimum absolute atomic E-state index is 0.428. The van der Waals surface area contributed by atoms with Gasteiger partial charge in [0.2, 0.25) is 0 Å². The van der Waals surface area contributed by atoms with Crippen LogP contribution in [0.3, 0.4) is 0 Å². The van der Waals surface area contributed by atoms with Gasteiger partial charge < -0.3 is 5.11 Å². The maximum atomic E-state index is 10.6. The van der Waals surface area contributed by atoms with Crippen molar-refractivity contribution in [3.63, 3.8) is 0 Å². The lowest BCUT2D eigenvalue weighted by Crippen LogP contribution is -2.40. The second kappa shape index (κ2) is 6.02. The summed E-state index contributed by atoms with van der Waals surface area (Å²) in [4.78, 5) is 2.40. The number of thiophene rings is 1. The van der Waals surface area contributed by atoms with Gasteiger partial charge >= 0.3 is 0 Å². The van der Waals surface area contributed by atoms with E-state index in [1.807, 2.05) is 18.2 Å². The molecular formula is C16H20ClNOS. The summed E-state index contributed by atoms with van der Waals surface area (Å²) < 4.78 is 1.19. The molecule has 2 heterocycles. The summed E-state index contributed by atoms with van der Waals surface area (Å²) in [6, 6.07) is 6.48. The third kappa shape index (κ3) is 2.86. The van der Waals surface area contributed by atoms with Crippen LogP contribution in [-0.4, -0.2) is 29.1 Å². The maximum Gasteiger partial charge on any atom is 0.0931 e. The summed E-state index contributed by atoms with van der Waals surface area (Å²) in [6.07, 6.45) is 3.36. The van der Waals surface area contributed by atoms with Crippen molar-refractivity contribution >= 4 is 33.0 Å². The third-order valence-corrected chi connectivity index (χ3v) is 5.49. The summed E-state index contributed by atoms with van der Waals surface area (Å²) >= 11 is 7.76. The summed E-state index contributed by atoms with van der Waals surface area (Å²) in [7, 11) is 0. The molecule has 1 aromatic heterocycles. The average molecular weight is 310 g/mol. The zero-order valence-electron chi connectivity index (χ0n) is 11.7. The molecule has 1 aromatic carbocycles. The lowest BCUT2D eigenvalue weighted by Gasteiger charge is -2.34. The Morgan fingerprint density at radius 2 is 2.30 bits per heavy atom. The monoisotopic (exact) mass is 309 g/mol. The summed E-state index contributed by atoms with van der Waals surface area (Å²) in [5, 5.41) is 14.5. The Morgan fingerprint density at radius 3 is 3.10 bits per heavy atom. The number of aliphatic hydroxyl groups is 1. The molecule has 108 valence electrons. The summed E-state index contributed by atoms with van der Waals surface area (Å²) in [5.74, 6) is 0. The van der Waals surface area contributed by atoms with E-state index in [1.165, 1.54) is 24.0 Å². The molecule has 1 fully saturated rings. The van der Waals surface area contributed by atoms with Crippen molar-refractivity contribution in [2.24, 2.45) is 0 Å². The number of rotatable bonds is 3. The number of piperidine rings is 1. The predicted molar refractivity (Wildman–Crippen MR) is 86.7 cm³/mol. The predicted octanol–water partition coefficient (Wildman–Crippen LogP) is 4.46. The van der Waals surface area contributed by atoms with Crippen LogP contribution in [0.5, 0.6) is 0 Å². The molecule has 20 heavy (non-hydrogen) atoms. The topological polar surface area (TPSA) is 23.5 Å². The van der Waals surface area contributed by atoms with Gasteiger partial charge in [0.05, 0.1) is 6.10 Å². The number of hydrogen-bond acceptors (Lipinski definition) is 3. The van der Waals surface area contributed by atoms with Gasteiger partial charge in [-0.15, -0.1) is 11.3 Å². The Hall–Kier alpha value is -0.610. The van der Waals surface area contributed by atoms with E-state index in [0.717, 1.165) is 29.1 Å². The highest BCUT2D eigenvalue weighted by Gasteiger charge is 2.22. The van der Waals surface area contributed by atoms with Gasteiger partial charge in [-0.25, -0.2) is 0 Å². The van der Waals surface area contributed by atoms with Gasteiger partial charge in [-0.05, 0) is 55.3 Å². The van der Waals surface area contributed by atoms with Gasteiger partial charge in [0, 0.05) is 27.9 Å². The number of benzene rings is 1. The SMILES string of the molecule is CC1CCCCN1CC(O)c1csc2ccc(Cl)cc12. The zero-order valence-corrected chi connectivity index (χ0v) is 13.3. The van der Waals surface area contributed by atoms with Crippen LogP contribution in [-0.2, 0) is 0 Å². The van der Waals surface area contributed by atoms with Gasteiger partial charge in [-0.2, -0.15) is 0 Å². The molecular weight excluding hydrogens is 290 g/mol. The minimum Gasteiger partial charge on any atom is -0.387 e. The Balaban J connectivity index is 1.81. The molecule has 0 saturated carbocycles. The molecule has 2 unspecified atom stereocenters. The number of halogens is 1. The van der Waals surface area contributed by atoms with Crippen LogP contribution in [0.4, 0.5) is 0 Å². The van der Waals surface area contributed by atoms with Crippen molar-refractivity contribution in [3.8, 4) is 0 Å². The molecule has 1 aliphatic heterocycles. The van der Waals surface area contributed by atoms with Crippen LogP contribution in [0.1, 0.15) is 37.9 Å². The first-order chi connectivity index (χ1) is 9.65. The molecule has 0 radical (unpaired) electrons. The quantitative estimate of drug-likeness (QED) is 0.904. The Kier molecular flexibility index (Phi) is 4.32. The normalized spacial score (nSPS) is 22.2. The molecule has 0 aliphatic carbocycles. The number of β-amino-alcohol motifs (C(OH)–C–C–N with tert-alkyl or cyclic N) is 1. The maximum absolute atomic E-state index is 10.6. The van der Waals surface area contributed by atoms with Gasteiger partial charge in [-0.1, -0.05) is 18.0 Å². The number of hydrogen-bond donors (Lipinski definition) is 1. The van der Waals surface area contributed by atoms with Crippen molar-refractivity contribution in [3.05, 3.63) is 34.2 Å². The van der Waals surface area contributed by atoms with Crippen LogP contribution in [0.25, 0.3) is 10.1 Å². The standard InChI is InChI=1S/C16H20ClNOS/c1-11-4-2-3-7-18(11)9-15(19)14-10-20-16-6-5-12(17)8-13(14)16/h5-6,8,10-11,15,19H,2-4,7,9H2,1H3. The molecule has 3 rings (SSSR count). The van der Waals surface area contributed by atoms with Crippen molar-refractivity contribution in [2.75, 3.05) is 13.1 Å². The van der Waals surface area contributed by atoms with Gasteiger partial charge in [-0.3, -0.25) is 4.90 Å². The van der Waals surface area contributed by atoms with E-state index < -0.39 is 6.10 Å². The molecule has 4 heteroatoms. The van der Waals surface area contributed by atoms with Crippen molar-refractivity contribution in [1.29, 1.82) is 0 Å². The van der Waals surface area contributed by atoms with Crippen LogP contribution >= 0.6 is 22.9 Å².